The zero-order chi connectivity index (χ0) is 13.0. The van der Waals surface area contributed by atoms with E-state index < -0.39 is 0 Å². The Morgan fingerprint density at radius 3 is 2.94 bits per heavy atom. The standard InChI is InChI=1S/C15H21Cl2N/c1-2-11-7-8-18-14(9-11)5-3-12-10-13(16)4-6-15(12)17/h4,6,10-11,14,18H,2-3,5,7-9H2,1H3. The molecule has 0 radical (unpaired) electrons. The van der Waals surface area contributed by atoms with Gasteiger partial charge in [0.25, 0.3) is 0 Å². The molecule has 0 aliphatic carbocycles. The van der Waals surface area contributed by atoms with E-state index in [1.54, 1.807) is 0 Å². The second-order valence-electron chi connectivity index (χ2n) is 5.22. The van der Waals surface area contributed by atoms with Crippen LogP contribution < -0.4 is 5.32 Å². The minimum atomic E-state index is 0.638. The van der Waals surface area contributed by atoms with Crippen LogP contribution in [0, 0.1) is 5.92 Å². The summed E-state index contributed by atoms with van der Waals surface area (Å²) in [5.41, 5.74) is 1.17. The van der Waals surface area contributed by atoms with Crippen molar-refractivity contribution in [2.24, 2.45) is 5.92 Å². The summed E-state index contributed by atoms with van der Waals surface area (Å²) in [6, 6.07) is 6.37. The lowest BCUT2D eigenvalue weighted by molar-refractivity contribution is 0.285. The van der Waals surface area contributed by atoms with Gasteiger partial charge in [0.15, 0.2) is 0 Å². The van der Waals surface area contributed by atoms with Crippen molar-refractivity contribution in [2.75, 3.05) is 6.54 Å². The largest absolute Gasteiger partial charge is 0.314 e. The maximum atomic E-state index is 6.19. The SMILES string of the molecule is CCC1CCNC(CCc2cc(Cl)ccc2Cl)C1. The molecule has 1 saturated heterocycles. The van der Waals surface area contributed by atoms with Crippen molar-refractivity contribution in [2.45, 2.75) is 45.1 Å². The number of piperidine rings is 1. The zero-order valence-corrected chi connectivity index (χ0v) is 12.4. The summed E-state index contributed by atoms with van der Waals surface area (Å²) in [7, 11) is 0. The fourth-order valence-electron chi connectivity index (χ4n) is 2.75. The van der Waals surface area contributed by atoms with Gasteiger partial charge < -0.3 is 5.32 Å². The Kier molecular flexibility index (Phi) is 5.35. The molecule has 1 aliphatic heterocycles. The molecule has 1 heterocycles. The van der Waals surface area contributed by atoms with E-state index in [4.69, 9.17) is 23.2 Å². The average Bonchev–Trinajstić information content (AvgIpc) is 2.40. The lowest BCUT2D eigenvalue weighted by atomic mass is 9.88. The molecular formula is C15H21Cl2N. The fraction of sp³-hybridized carbons (Fsp3) is 0.600. The Balaban J connectivity index is 1.89. The molecule has 0 bridgehead atoms. The molecule has 1 aromatic carbocycles. The van der Waals surface area contributed by atoms with E-state index in [1.807, 2.05) is 18.2 Å². The van der Waals surface area contributed by atoms with E-state index >= 15 is 0 Å². The van der Waals surface area contributed by atoms with Gasteiger partial charge in [-0.3, -0.25) is 0 Å². The summed E-state index contributed by atoms with van der Waals surface area (Å²) in [5.74, 6) is 0.895. The molecule has 3 heteroatoms. The first-order chi connectivity index (χ1) is 8.69. The molecule has 1 N–H and O–H groups in total. The molecule has 1 aliphatic rings. The first-order valence-corrected chi connectivity index (χ1v) is 7.62. The molecule has 100 valence electrons. The molecule has 2 atom stereocenters. The van der Waals surface area contributed by atoms with Crippen LogP contribution in [0.2, 0.25) is 10.0 Å². The Labute approximate surface area is 120 Å². The minimum Gasteiger partial charge on any atom is -0.314 e. The van der Waals surface area contributed by atoms with Gasteiger partial charge in [-0.2, -0.15) is 0 Å². The van der Waals surface area contributed by atoms with Gasteiger partial charge in [-0.1, -0.05) is 36.5 Å². The van der Waals surface area contributed by atoms with Gasteiger partial charge in [0.1, 0.15) is 0 Å². The van der Waals surface area contributed by atoms with Crippen LogP contribution in [-0.2, 0) is 6.42 Å². The second kappa shape index (κ2) is 6.79. The van der Waals surface area contributed by atoms with Crippen molar-refractivity contribution in [3.8, 4) is 0 Å². The molecule has 18 heavy (non-hydrogen) atoms. The van der Waals surface area contributed by atoms with Crippen molar-refractivity contribution in [1.29, 1.82) is 0 Å². The van der Waals surface area contributed by atoms with Gasteiger partial charge in [-0.15, -0.1) is 0 Å². The molecular weight excluding hydrogens is 265 g/mol. The lowest BCUT2D eigenvalue weighted by Gasteiger charge is -2.29. The van der Waals surface area contributed by atoms with E-state index in [2.05, 4.69) is 12.2 Å². The molecule has 1 fully saturated rings. The van der Waals surface area contributed by atoms with Crippen molar-refractivity contribution >= 4 is 23.2 Å². The predicted molar refractivity (Wildman–Crippen MR) is 79.6 cm³/mol. The Bertz CT molecular complexity index is 392. The third kappa shape index (κ3) is 3.88. The first-order valence-electron chi connectivity index (χ1n) is 6.86. The van der Waals surface area contributed by atoms with Gasteiger partial charge in [-0.05, 0) is 61.9 Å². The molecule has 2 rings (SSSR count). The highest BCUT2D eigenvalue weighted by molar-refractivity contribution is 6.33. The van der Waals surface area contributed by atoms with Crippen molar-refractivity contribution < 1.29 is 0 Å². The molecule has 0 spiro atoms. The zero-order valence-electron chi connectivity index (χ0n) is 10.9. The van der Waals surface area contributed by atoms with Crippen LogP contribution in [0.1, 0.15) is 38.2 Å². The lowest BCUT2D eigenvalue weighted by Crippen LogP contribution is -2.38. The number of hydrogen-bond acceptors (Lipinski definition) is 1. The summed E-state index contributed by atoms with van der Waals surface area (Å²) in [6.07, 6.45) is 6.08. The Morgan fingerprint density at radius 2 is 2.17 bits per heavy atom. The number of aryl methyl sites for hydroxylation is 1. The normalized spacial score (nSPS) is 24.2. The first kappa shape index (κ1) is 14.2. The van der Waals surface area contributed by atoms with Crippen LogP contribution in [0.3, 0.4) is 0 Å². The quantitative estimate of drug-likeness (QED) is 0.845. The number of benzene rings is 1. The van der Waals surface area contributed by atoms with Crippen molar-refractivity contribution in [3.63, 3.8) is 0 Å². The molecule has 0 saturated carbocycles. The summed E-state index contributed by atoms with van der Waals surface area (Å²) in [6.45, 7) is 3.45. The Hall–Kier alpha value is -0.240. The number of nitrogens with one attached hydrogen (secondary N) is 1. The highest BCUT2D eigenvalue weighted by Crippen LogP contribution is 2.25. The smallest absolute Gasteiger partial charge is 0.0439 e. The van der Waals surface area contributed by atoms with Gasteiger partial charge in [0, 0.05) is 16.1 Å². The van der Waals surface area contributed by atoms with Gasteiger partial charge in [-0.25, -0.2) is 0 Å². The van der Waals surface area contributed by atoms with Crippen LogP contribution >= 0.6 is 23.2 Å². The van der Waals surface area contributed by atoms with E-state index in [9.17, 15) is 0 Å². The van der Waals surface area contributed by atoms with Crippen LogP contribution in [0.15, 0.2) is 18.2 Å². The van der Waals surface area contributed by atoms with Crippen LogP contribution in [0.25, 0.3) is 0 Å². The summed E-state index contributed by atoms with van der Waals surface area (Å²) in [4.78, 5) is 0. The van der Waals surface area contributed by atoms with Crippen LogP contribution in [0.4, 0.5) is 0 Å². The molecule has 1 aromatic rings. The minimum absolute atomic E-state index is 0.638. The second-order valence-corrected chi connectivity index (χ2v) is 6.07. The maximum Gasteiger partial charge on any atom is 0.0439 e. The fourth-order valence-corrected chi connectivity index (χ4v) is 3.16. The number of hydrogen-bond donors (Lipinski definition) is 1. The highest BCUT2D eigenvalue weighted by Gasteiger charge is 2.20. The summed E-state index contributed by atoms with van der Waals surface area (Å²) >= 11 is 12.2. The molecule has 1 nitrogen and oxygen atoms in total. The van der Waals surface area contributed by atoms with Crippen LogP contribution in [-0.4, -0.2) is 12.6 Å². The number of rotatable bonds is 4. The highest BCUT2D eigenvalue weighted by atomic mass is 35.5. The summed E-state index contributed by atoms with van der Waals surface area (Å²) < 4.78 is 0. The van der Waals surface area contributed by atoms with Crippen molar-refractivity contribution in [3.05, 3.63) is 33.8 Å². The third-order valence-corrected chi connectivity index (χ3v) is 4.55. The summed E-state index contributed by atoms with van der Waals surface area (Å²) in [5, 5.41) is 5.22. The maximum absolute atomic E-state index is 6.19. The van der Waals surface area contributed by atoms with E-state index in [0.717, 1.165) is 35.3 Å². The van der Waals surface area contributed by atoms with Gasteiger partial charge in [0.05, 0.1) is 0 Å². The molecule has 0 aromatic heterocycles. The molecule has 0 amide bonds. The van der Waals surface area contributed by atoms with E-state index in [-0.39, 0.29) is 0 Å². The van der Waals surface area contributed by atoms with Gasteiger partial charge in [0.2, 0.25) is 0 Å². The average molecular weight is 286 g/mol. The number of halogens is 2. The van der Waals surface area contributed by atoms with E-state index in [0.29, 0.717) is 6.04 Å². The van der Waals surface area contributed by atoms with Crippen molar-refractivity contribution in [1.82, 2.24) is 5.32 Å². The van der Waals surface area contributed by atoms with Crippen LogP contribution in [0.5, 0.6) is 0 Å². The molecule has 2 unspecified atom stereocenters. The monoisotopic (exact) mass is 285 g/mol. The third-order valence-electron chi connectivity index (χ3n) is 3.95. The predicted octanol–water partition coefficient (Wildman–Crippen LogP) is 4.70. The topological polar surface area (TPSA) is 12.0 Å². The Morgan fingerprint density at radius 1 is 1.33 bits per heavy atom. The van der Waals surface area contributed by atoms with Gasteiger partial charge >= 0.3 is 0 Å². The van der Waals surface area contributed by atoms with E-state index in [1.165, 1.54) is 24.8 Å².